The number of nitrogens with one attached hydrogen (secondary N) is 1. The van der Waals surface area contributed by atoms with E-state index in [4.69, 9.17) is 23.7 Å². The van der Waals surface area contributed by atoms with Crippen LogP contribution in [0.2, 0.25) is 0 Å². The molecule has 4 aromatic rings. The zero-order valence-corrected chi connectivity index (χ0v) is 31.3. The lowest BCUT2D eigenvalue weighted by atomic mass is 9.92. The molecule has 5 rings (SSSR count). The van der Waals surface area contributed by atoms with Gasteiger partial charge in [-0.15, -0.1) is 0 Å². The van der Waals surface area contributed by atoms with E-state index >= 15 is 0 Å². The highest BCUT2D eigenvalue weighted by molar-refractivity contribution is 5.76. The highest BCUT2D eigenvalue weighted by Crippen LogP contribution is 2.32. The molecule has 288 valence electrons. The fourth-order valence-corrected chi connectivity index (χ4v) is 6.45. The van der Waals surface area contributed by atoms with Gasteiger partial charge >= 0.3 is 0 Å². The minimum Gasteiger partial charge on any atom is -0.390 e. The number of carbonyl (C=O) groups is 1. The molecule has 0 aliphatic carbocycles. The molecule has 1 amide bonds. The van der Waals surface area contributed by atoms with Gasteiger partial charge in [0, 0.05) is 6.42 Å². The maximum atomic E-state index is 12.4. The summed E-state index contributed by atoms with van der Waals surface area (Å²) in [5.74, 6) is -0.228. The fraction of sp³-hybridized carbons (Fsp3) is 0.400. The van der Waals surface area contributed by atoms with Gasteiger partial charge in [0.05, 0.1) is 51.3 Å². The van der Waals surface area contributed by atoms with E-state index in [1.165, 1.54) is 0 Å². The number of ether oxygens (including phenoxy) is 5. The zero-order chi connectivity index (χ0) is 38.0. The van der Waals surface area contributed by atoms with Crippen LogP contribution in [0.15, 0.2) is 133 Å². The predicted molar refractivity (Wildman–Crippen MR) is 208 cm³/mol. The monoisotopic (exact) mass is 737 g/mol. The van der Waals surface area contributed by atoms with Crippen LogP contribution in [0.1, 0.15) is 55.4 Å². The molecule has 9 heteroatoms. The van der Waals surface area contributed by atoms with Crippen LogP contribution in [-0.4, -0.2) is 71.5 Å². The smallest absolute Gasteiger partial charge is 0.220 e. The lowest BCUT2D eigenvalue weighted by molar-refractivity contribution is -0.271. The molecule has 3 N–H and O–H groups in total. The first kappa shape index (κ1) is 41.0. The van der Waals surface area contributed by atoms with Crippen molar-refractivity contribution >= 4 is 5.91 Å². The van der Waals surface area contributed by atoms with E-state index in [2.05, 4.69) is 5.32 Å². The van der Waals surface area contributed by atoms with Gasteiger partial charge in [-0.2, -0.15) is 0 Å². The molecule has 0 aromatic heterocycles. The van der Waals surface area contributed by atoms with Crippen molar-refractivity contribution in [1.29, 1.82) is 0 Å². The highest BCUT2D eigenvalue weighted by Gasteiger charge is 2.48. The Kier molecular flexibility index (Phi) is 16.9. The molecule has 0 saturated carbocycles. The second-order valence-corrected chi connectivity index (χ2v) is 13.6. The van der Waals surface area contributed by atoms with Crippen LogP contribution in [0, 0.1) is 0 Å². The van der Waals surface area contributed by atoms with Crippen LogP contribution in [0.5, 0.6) is 0 Å². The molecule has 0 radical (unpaired) electrons. The molecule has 0 spiro atoms. The maximum absolute atomic E-state index is 12.4. The van der Waals surface area contributed by atoms with Crippen LogP contribution in [-0.2, 0) is 54.9 Å². The van der Waals surface area contributed by atoms with Crippen molar-refractivity contribution < 1.29 is 38.7 Å². The molecule has 8 atom stereocenters. The second-order valence-electron chi connectivity index (χ2n) is 13.6. The SMILES string of the molecule is CCC(=O)N[C@@H](/C=C/C[C@@H]1OC(COCc2ccccc2)[C@H](OCc2ccccc2)[C@H](OCc2ccccc2)C1OCc1ccccc1)[C@H](O)[C@H](O)CC. The van der Waals surface area contributed by atoms with E-state index in [1.807, 2.05) is 127 Å². The quantitative estimate of drug-likeness (QED) is 0.0810. The average molecular weight is 738 g/mol. The lowest BCUT2D eigenvalue weighted by Crippen LogP contribution is -2.61. The fourth-order valence-electron chi connectivity index (χ4n) is 6.45. The summed E-state index contributed by atoms with van der Waals surface area (Å²) in [5, 5.41) is 24.3. The Labute approximate surface area is 319 Å². The van der Waals surface area contributed by atoms with Crippen LogP contribution < -0.4 is 5.32 Å². The average Bonchev–Trinajstić information content (AvgIpc) is 3.22. The van der Waals surface area contributed by atoms with Crippen molar-refractivity contribution in [1.82, 2.24) is 5.32 Å². The number of amides is 1. The third kappa shape index (κ3) is 12.7. The highest BCUT2D eigenvalue weighted by atomic mass is 16.6. The Hall–Kier alpha value is -4.19. The van der Waals surface area contributed by atoms with Crippen LogP contribution >= 0.6 is 0 Å². The largest absolute Gasteiger partial charge is 0.390 e. The van der Waals surface area contributed by atoms with Gasteiger partial charge in [0.2, 0.25) is 5.91 Å². The van der Waals surface area contributed by atoms with Crippen LogP contribution in [0.25, 0.3) is 0 Å². The summed E-state index contributed by atoms with van der Waals surface area (Å²) in [4.78, 5) is 12.4. The van der Waals surface area contributed by atoms with Crippen LogP contribution in [0.4, 0.5) is 0 Å². The van der Waals surface area contributed by atoms with Crippen molar-refractivity contribution in [2.75, 3.05) is 6.61 Å². The standard InChI is InChI=1S/C45H55NO8/c1-3-38(47)42(49)37(46-41(48)4-2)26-17-27-39-43(51-29-34-20-11-6-12-21-34)45(53-31-36-24-15-8-16-25-36)44(52-30-35-22-13-7-14-23-35)40(54-39)32-50-28-33-18-9-5-10-19-33/h5-26,37-40,42-45,47,49H,3-4,27-32H2,1-2H3,(H,46,48)/b26-17+/t37-,38+,39-,40?,42-,43?,44-,45+/m0/s1. The van der Waals surface area contributed by atoms with E-state index in [0.29, 0.717) is 39.3 Å². The number of aliphatic hydroxyl groups excluding tert-OH is 2. The first-order chi connectivity index (χ1) is 26.4. The molecule has 4 aromatic carbocycles. The summed E-state index contributed by atoms with van der Waals surface area (Å²) < 4.78 is 33.6. The summed E-state index contributed by atoms with van der Waals surface area (Å²) in [6, 6.07) is 39.2. The van der Waals surface area contributed by atoms with Gasteiger partial charge in [-0.1, -0.05) is 147 Å². The van der Waals surface area contributed by atoms with E-state index in [0.717, 1.165) is 22.3 Å². The molecular weight excluding hydrogens is 682 g/mol. The van der Waals surface area contributed by atoms with Gasteiger partial charge in [0.1, 0.15) is 30.5 Å². The molecule has 54 heavy (non-hydrogen) atoms. The van der Waals surface area contributed by atoms with Gasteiger partial charge < -0.3 is 39.2 Å². The normalized spacial score (nSPS) is 21.7. The van der Waals surface area contributed by atoms with Crippen molar-refractivity contribution in [2.45, 2.75) is 108 Å². The van der Waals surface area contributed by atoms with Crippen molar-refractivity contribution in [2.24, 2.45) is 0 Å². The zero-order valence-electron chi connectivity index (χ0n) is 31.3. The summed E-state index contributed by atoms with van der Waals surface area (Å²) >= 11 is 0. The summed E-state index contributed by atoms with van der Waals surface area (Å²) in [6.45, 7) is 5.15. The molecule has 1 heterocycles. The van der Waals surface area contributed by atoms with Gasteiger partial charge in [0.15, 0.2) is 0 Å². The number of hydrogen-bond donors (Lipinski definition) is 3. The Morgan fingerprint density at radius 2 is 1.11 bits per heavy atom. The number of rotatable bonds is 21. The molecule has 1 aliphatic rings. The summed E-state index contributed by atoms with van der Waals surface area (Å²) in [6.07, 6.45) is -0.422. The number of carbonyl (C=O) groups excluding carboxylic acids is 1. The van der Waals surface area contributed by atoms with Gasteiger partial charge in [-0.3, -0.25) is 4.79 Å². The molecule has 0 bridgehead atoms. The van der Waals surface area contributed by atoms with Gasteiger partial charge in [-0.25, -0.2) is 0 Å². The third-order valence-electron chi connectivity index (χ3n) is 9.52. The Morgan fingerprint density at radius 3 is 1.57 bits per heavy atom. The van der Waals surface area contributed by atoms with Crippen LogP contribution in [0.3, 0.4) is 0 Å². The van der Waals surface area contributed by atoms with Crippen molar-refractivity contribution in [3.05, 3.63) is 156 Å². The van der Waals surface area contributed by atoms with Crippen molar-refractivity contribution in [3.8, 4) is 0 Å². The number of aliphatic hydroxyl groups is 2. The third-order valence-corrected chi connectivity index (χ3v) is 9.52. The summed E-state index contributed by atoms with van der Waals surface area (Å²) in [5.41, 5.74) is 4.08. The minimum absolute atomic E-state index is 0.228. The molecular formula is C45H55NO8. The Morgan fingerprint density at radius 1 is 0.667 bits per heavy atom. The number of hydrogen-bond acceptors (Lipinski definition) is 8. The molecule has 2 unspecified atom stereocenters. The number of benzene rings is 4. The Balaban J connectivity index is 1.47. The van der Waals surface area contributed by atoms with E-state index in [9.17, 15) is 15.0 Å². The maximum Gasteiger partial charge on any atom is 0.220 e. The first-order valence-electron chi connectivity index (χ1n) is 19.0. The van der Waals surface area contributed by atoms with Gasteiger partial charge in [0.25, 0.3) is 0 Å². The molecule has 1 saturated heterocycles. The van der Waals surface area contributed by atoms with E-state index in [1.54, 1.807) is 19.9 Å². The second kappa shape index (κ2) is 22.3. The summed E-state index contributed by atoms with van der Waals surface area (Å²) in [7, 11) is 0. The predicted octanol–water partition coefficient (Wildman–Crippen LogP) is 6.70. The molecule has 1 aliphatic heterocycles. The molecule has 1 fully saturated rings. The van der Waals surface area contributed by atoms with E-state index < -0.39 is 48.8 Å². The lowest BCUT2D eigenvalue weighted by Gasteiger charge is -2.46. The van der Waals surface area contributed by atoms with E-state index in [-0.39, 0.29) is 18.9 Å². The molecule has 9 nitrogen and oxygen atoms in total. The first-order valence-corrected chi connectivity index (χ1v) is 19.0. The van der Waals surface area contributed by atoms with Crippen molar-refractivity contribution in [3.63, 3.8) is 0 Å². The minimum atomic E-state index is -1.18. The van der Waals surface area contributed by atoms with Gasteiger partial charge in [-0.05, 0) is 35.1 Å². The topological polar surface area (TPSA) is 116 Å². The Bertz CT molecular complexity index is 1640.